The van der Waals surface area contributed by atoms with E-state index >= 15 is 0 Å². The summed E-state index contributed by atoms with van der Waals surface area (Å²) in [6, 6.07) is 7.81. The van der Waals surface area contributed by atoms with Crippen molar-refractivity contribution in [2.24, 2.45) is 0 Å². The minimum atomic E-state index is -0.579. The van der Waals surface area contributed by atoms with Gasteiger partial charge in [0, 0.05) is 31.2 Å². The molecule has 2 atom stereocenters. The fourth-order valence-electron chi connectivity index (χ4n) is 1.91. The Balaban J connectivity index is 1.73. The predicted molar refractivity (Wildman–Crippen MR) is 81.1 cm³/mol. The Morgan fingerprint density at radius 2 is 2.19 bits per heavy atom. The van der Waals surface area contributed by atoms with Crippen LogP contribution >= 0.6 is 0 Å². The Kier molecular flexibility index (Phi) is 5.66. The third-order valence-corrected chi connectivity index (χ3v) is 3.12. The van der Waals surface area contributed by atoms with Crippen LogP contribution in [0.15, 0.2) is 42.9 Å². The smallest absolute Gasteiger partial charge is 0.119 e. The summed E-state index contributed by atoms with van der Waals surface area (Å²) in [6.45, 7) is 4.68. The molecule has 0 radical (unpaired) electrons. The Hall–Kier alpha value is -1.98. The summed E-state index contributed by atoms with van der Waals surface area (Å²) in [5, 5.41) is 13.2. The summed E-state index contributed by atoms with van der Waals surface area (Å²) in [6.07, 6.45) is 4.43. The number of hydrogen-bond acceptors (Lipinski definition) is 5. The molecule has 0 bridgehead atoms. The second kappa shape index (κ2) is 7.71. The van der Waals surface area contributed by atoms with E-state index in [4.69, 9.17) is 4.74 Å². The molecule has 0 saturated carbocycles. The molecule has 0 fully saturated rings. The molecule has 2 N–H and O–H groups in total. The van der Waals surface area contributed by atoms with E-state index in [0.29, 0.717) is 6.54 Å². The van der Waals surface area contributed by atoms with E-state index in [0.717, 1.165) is 17.0 Å². The molecule has 0 aliphatic heterocycles. The molecule has 1 aromatic carbocycles. The number of nitrogens with zero attached hydrogens (tertiary/aromatic N) is 2. The molecule has 1 heterocycles. The van der Waals surface area contributed by atoms with Crippen LogP contribution in [0.3, 0.4) is 0 Å². The molecule has 21 heavy (non-hydrogen) atoms. The Morgan fingerprint density at radius 3 is 2.90 bits per heavy atom. The van der Waals surface area contributed by atoms with E-state index in [1.54, 1.807) is 18.6 Å². The molecule has 1 aromatic heterocycles. The monoisotopic (exact) mass is 287 g/mol. The number of aromatic nitrogens is 2. The lowest BCUT2D eigenvalue weighted by atomic mass is 10.2. The summed E-state index contributed by atoms with van der Waals surface area (Å²) in [4.78, 5) is 8.25. The average molecular weight is 287 g/mol. The molecule has 0 aliphatic rings. The van der Waals surface area contributed by atoms with Crippen LogP contribution < -0.4 is 10.1 Å². The number of aliphatic hydroxyl groups excluding tert-OH is 1. The lowest BCUT2D eigenvalue weighted by molar-refractivity contribution is 0.104. The Bertz CT molecular complexity index is 548. The number of aryl methyl sites for hydroxylation is 1. The van der Waals surface area contributed by atoms with Crippen LogP contribution in [-0.4, -0.2) is 34.3 Å². The Labute approximate surface area is 125 Å². The van der Waals surface area contributed by atoms with Gasteiger partial charge in [-0.3, -0.25) is 9.97 Å². The standard InChI is InChI=1S/C16H21N3O2/c1-12-4-3-5-15(8-12)21-11-14(20)9-19-13(2)16-10-17-6-7-18-16/h3-8,10,13-14,19-20H,9,11H2,1-2H3. The number of aliphatic hydroxyl groups is 1. The molecule has 5 heteroatoms. The van der Waals surface area contributed by atoms with Crippen LogP contribution in [0.25, 0.3) is 0 Å². The maximum Gasteiger partial charge on any atom is 0.119 e. The van der Waals surface area contributed by atoms with Crippen LogP contribution in [0, 0.1) is 6.92 Å². The molecular weight excluding hydrogens is 266 g/mol. The van der Waals surface area contributed by atoms with Crippen LogP contribution in [0.2, 0.25) is 0 Å². The lowest BCUT2D eigenvalue weighted by Crippen LogP contribution is -2.33. The second-order valence-corrected chi connectivity index (χ2v) is 5.04. The number of hydrogen-bond donors (Lipinski definition) is 2. The number of benzene rings is 1. The van der Waals surface area contributed by atoms with Crippen molar-refractivity contribution >= 4 is 0 Å². The highest BCUT2D eigenvalue weighted by atomic mass is 16.5. The van der Waals surface area contributed by atoms with Crippen molar-refractivity contribution in [3.05, 3.63) is 54.1 Å². The fraction of sp³-hybridized carbons (Fsp3) is 0.375. The first-order chi connectivity index (χ1) is 10.1. The van der Waals surface area contributed by atoms with Crippen LogP contribution in [0.1, 0.15) is 24.2 Å². The zero-order valence-electron chi connectivity index (χ0n) is 12.4. The van der Waals surface area contributed by atoms with Gasteiger partial charge < -0.3 is 15.2 Å². The molecular formula is C16H21N3O2. The van der Waals surface area contributed by atoms with E-state index in [9.17, 15) is 5.11 Å². The first-order valence-electron chi connectivity index (χ1n) is 7.02. The molecule has 0 saturated heterocycles. The highest BCUT2D eigenvalue weighted by Gasteiger charge is 2.10. The summed E-state index contributed by atoms with van der Waals surface area (Å²) in [5.41, 5.74) is 1.99. The topological polar surface area (TPSA) is 67.3 Å². The first kappa shape index (κ1) is 15.4. The van der Waals surface area contributed by atoms with E-state index in [1.807, 2.05) is 38.1 Å². The third kappa shape index (κ3) is 5.13. The summed E-state index contributed by atoms with van der Waals surface area (Å²) < 4.78 is 5.57. The van der Waals surface area contributed by atoms with Gasteiger partial charge in [-0.15, -0.1) is 0 Å². The van der Waals surface area contributed by atoms with Crippen LogP contribution in [0.4, 0.5) is 0 Å². The normalized spacial score (nSPS) is 13.7. The van der Waals surface area contributed by atoms with Gasteiger partial charge in [-0.1, -0.05) is 12.1 Å². The van der Waals surface area contributed by atoms with Crippen molar-refractivity contribution in [1.82, 2.24) is 15.3 Å². The number of nitrogens with one attached hydrogen (secondary N) is 1. The summed E-state index contributed by atoms with van der Waals surface area (Å²) in [7, 11) is 0. The van der Waals surface area contributed by atoms with Gasteiger partial charge in [-0.2, -0.15) is 0 Å². The lowest BCUT2D eigenvalue weighted by Gasteiger charge is -2.17. The van der Waals surface area contributed by atoms with E-state index in [-0.39, 0.29) is 12.6 Å². The molecule has 2 aromatic rings. The maximum atomic E-state index is 9.95. The highest BCUT2D eigenvalue weighted by Crippen LogP contribution is 2.12. The highest BCUT2D eigenvalue weighted by molar-refractivity contribution is 5.27. The summed E-state index contributed by atoms with van der Waals surface area (Å²) in [5.74, 6) is 0.774. The van der Waals surface area contributed by atoms with Crippen molar-refractivity contribution in [2.75, 3.05) is 13.2 Å². The van der Waals surface area contributed by atoms with Gasteiger partial charge in [0.1, 0.15) is 18.5 Å². The van der Waals surface area contributed by atoms with Crippen LogP contribution in [-0.2, 0) is 0 Å². The van der Waals surface area contributed by atoms with E-state index in [2.05, 4.69) is 15.3 Å². The van der Waals surface area contributed by atoms with Crippen molar-refractivity contribution < 1.29 is 9.84 Å². The fourth-order valence-corrected chi connectivity index (χ4v) is 1.91. The quantitative estimate of drug-likeness (QED) is 0.814. The first-order valence-corrected chi connectivity index (χ1v) is 7.02. The molecule has 5 nitrogen and oxygen atoms in total. The van der Waals surface area contributed by atoms with Gasteiger partial charge >= 0.3 is 0 Å². The zero-order valence-corrected chi connectivity index (χ0v) is 12.4. The second-order valence-electron chi connectivity index (χ2n) is 5.04. The van der Waals surface area contributed by atoms with Gasteiger partial charge in [0.25, 0.3) is 0 Å². The van der Waals surface area contributed by atoms with Crippen molar-refractivity contribution in [2.45, 2.75) is 26.0 Å². The average Bonchev–Trinajstić information content (AvgIpc) is 2.51. The molecule has 2 rings (SSSR count). The van der Waals surface area contributed by atoms with Crippen molar-refractivity contribution in [1.29, 1.82) is 0 Å². The zero-order chi connectivity index (χ0) is 15.1. The van der Waals surface area contributed by atoms with Crippen molar-refractivity contribution in [3.8, 4) is 5.75 Å². The SMILES string of the molecule is Cc1cccc(OCC(O)CNC(C)c2cnccn2)c1. The number of ether oxygens (including phenoxy) is 1. The van der Waals surface area contributed by atoms with Gasteiger partial charge in [-0.05, 0) is 31.5 Å². The minimum Gasteiger partial charge on any atom is -0.491 e. The van der Waals surface area contributed by atoms with Crippen molar-refractivity contribution in [3.63, 3.8) is 0 Å². The molecule has 0 amide bonds. The van der Waals surface area contributed by atoms with Gasteiger partial charge in [-0.25, -0.2) is 0 Å². The van der Waals surface area contributed by atoms with Crippen LogP contribution in [0.5, 0.6) is 5.75 Å². The molecule has 112 valence electrons. The van der Waals surface area contributed by atoms with E-state index < -0.39 is 6.10 Å². The molecule has 0 spiro atoms. The minimum absolute atomic E-state index is 0.0346. The van der Waals surface area contributed by atoms with E-state index in [1.165, 1.54) is 0 Å². The molecule has 2 unspecified atom stereocenters. The van der Waals surface area contributed by atoms with Gasteiger partial charge in [0.2, 0.25) is 0 Å². The number of rotatable bonds is 7. The summed E-state index contributed by atoms with van der Waals surface area (Å²) >= 11 is 0. The largest absolute Gasteiger partial charge is 0.491 e. The maximum absolute atomic E-state index is 9.95. The van der Waals surface area contributed by atoms with Gasteiger partial charge in [0.15, 0.2) is 0 Å². The predicted octanol–water partition coefficient (Wildman–Crippen LogP) is 1.88. The Morgan fingerprint density at radius 1 is 1.33 bits per heavy atom. The third-order valence-electron chi connectivity index (χ3n) is 3.12. The molecule has 0 aliphatic carbocycles. The van der Waals surface area contributed by atoms with Gasteiger partial charge in [0.05, 0.1) is 5.69 Å².